The molecular formula is C16H21N3O4S. The fourth-order valence-corrected chi connectivity index (χ4v) is 3.38. The number of aromatic nitrogens is 1. The van der Waals surface area contributed by atoms with E-state index in [1.54, 1.807) is 32.0 Å². The molecule has 130 valence electrons. The third-order valence-corrected chi connectivity index (χ3v) is 5.64. The zero-order valence-corrected chi connectivity index (χ0v) is 15.0. The highest BCUT2D eigenvalue weighted by Crippen LogP contribution is 2.18. The van der Waals surface area contributed by atoms with Crippen LogP contribution in [0, 0.1) is 13.8 Å². The molecule has 0 saturated carbocycles. The lowest BCUT2D eigenvalue weighted by atomic mass is 10.1. The van der Waals surface area contributed by atoms with E-state index in [4.69, 9.17) is 4.52 Å². The molecule has 0 fully saturated rings. The number of aryl methyl sites for hydroxylation is 2. The number of nitrogens with one attached hydrogen (secondary N) is 1. The number of carbonyl (C=O) groups excluding carboxylic acids is 1. The molecule has 1 heterocycles. The molecule has 0 bridgehead atoms. The number of carbonyl (C=O) groups is 1. The van der Waals surface area contributed by atoms with Gasteiger partial charge < -0.3 is 9.84 Å². The van der Waals surface area contributed by atoms with Crippen molar-refractivity contribution in [3.8, 4) is 0 Å². The standard InChI is InChI=1S/C16H21N3O4S/c1-11-14(12(2)23-18-11)9-16(20)17-10-13-7-5-6-8-15(13)24(21,22)19(3)4/h5-8H,9-10H2,1-4H3,(H,17,20). The zero-order valence-electron chi connectivity index (χ0n) is 14.2. The molecule has 1 N–H and O–H groups in total. The summed E-state index contributed by atoms with van der Waals surface area (Å²) in [6.45, 7) is 3.66. The minimum atomic E-state index is -3.56. The van der Waals surface area contributed by atoms with E-state index in [1.165, 1.54) is 20.2 Å². The van der Waals surface area contributed by atoms with Crippen molar-refractivity contribution in [1.82, 2.24) is 14.8 Å². The molecule has 2 rings (SSSR count). The number of hydrogen-bond donors (Lipinski definition) is 1. The van der Waals surface area contributed by atoms with Crippen LogP contribution in [0.1, 0.15) is 22.6 Å². The van der Waals surface area contributed by atoms with Gasteiger partial charge in [-0.25, -0.2) is 12.7 Å². The van der Waals surface area contributed by atoms with E-state index in [-0.39, 0.29) is 23.8 Å². The van der Waals surface area contributed by atoms with Crippen LogP contribution in [0.3, 0.4) is 0 Å². The first-order valence-electron chi connectivity index (χ1n) is 7.42. The first-order valence-corrected chi connectivity index (χ1v) is 8.86. The van der Waals surface area contributed by atoms with E-state index in [0.29, 0.717) is 17.0 Å². The average molecular weight is 351 g/mol. The lowest BCUT2D eigenvalue weighted by Crippen LogP contribution is -2.28. The van der Waals surface area contributed by atoms with Gasteiger partial charge in [0.25, 0.3) is 0 Å². The number of rotatable bonds is 6. The summed E-state index contributed by atoms with van der Waals surface area (Å²) >= 11 is 0. The first-order chi connectivity index (χ1) is 11.2. The van der Waals surface area contributed by atoms with Crippen molar-refractivity contribution in [3.05, 3.63) is 46.8 Å². The normalized spacial score (nSPS) is 11.7. The van der Waals surface area contributed by atoms with Crippen molar-refractivity contribution >= 4 is 15.9 Å². The summed E-state index contributed by atoms with van der Waals surface area (Å²) in [5, 5.41) is 6.57. The van der Waals surface area contributed by atoms with Gasteiger partial charge in [-0.1, -0.05) is 23.4 Å². The Morgan fingerprint density at radius 3 is 2.50 bits per heavy atom. The van der Waals surface area contributed by atoms with Gasteiger partial charge in [0.1, 0.15) is 5.76 Å². The molecule has 0 unspecified atom stereocenters. The molecule has 8 heteroatoms. The topological polar surface area (TPSA) is 92.5 Å². The molecule has 24 heavy (non-hydrogen) atoms. The maximum Gasteiger partial charge on any atom is 0.242 e. The van der Waals surface area contributed by atoms with Crippen LogP contribution >= 0.6 is 0 Å². The summed E-state index contributed by atoms with van der Waals surface area (Å²) in [6.07, 6.45) is 0.143. The zero-order chi connectivity index (χ0) is 17.9. The molecule has 0 aliphatic heterocycles. The van der Waals surface area contributed by atoms with E-state index in [9.17, 15) is 13.2 Å². The summed E-state index contributed by atoms with van der Waals surface area (Å²) in [5.74, 6) is 0.389. The van der Waals surface area contributed by atoms with Crippen LogP contribution in [-0.4, -0.2) is 37.9 Å². The second kappa shape index (κ2) is 7.14. The van der Waals surface area contributed by atoms with Crippen LogP contribution in [0.4, 0.5) is 0 Å². The fourth-order valence-electron chi connectivity index (χ4n) is 2.27. The monoisotopic (exact) mass is 351 g/mol. The summed E-state index contributed by atoms with van der Waals surface area (Å²) in [7, 11) is -0.613. The smallest absolute Gasteiger partial charge is 0.242 e. The van der Waals surface area contributed by atoms with Gasteiger partial charge in [0.05, 0.1) is 17.0 Å². The molecular weight excluding hydrogens is 330 g/mol. The quantitative estimate of drug-likeness (QED) is 0.849. The number of sulfonamides is 1. The molecule has 2 aromatic rings. The van der Waals surface area contributed by atoms with Gasteiger partial charge in [-0.15, -0.1) is 0 Å². The van der Waals surface area contributed by atoms with Crippen LogP contribution in [0.5, 0.6) is 0 Å². The Hall–Kier alpha value is -2.19. The SMILES string of the molecule is Cc1noc(C)c1CC(=O)NCc1ccccc1S(=O)(=O)N(C)C. The van der Waals surface area contributed by atoms with Crippen molar-refractivity contribution in [3.63, 3.8) is 0 Å². The average Bonchev–Trinajstić information content (AvgIpc) is 2.85. The van der Waals surface area contributed by atoms with E-state index in [2.05, 4.69) is 10.5 Å². The highest BCUT2D eigenvalue weighted by Gasteiger charge is 2.21. The van der Waals surface area contributed by atoms with Crippen molar-refractivity contribution in [2.24, 2.45) is 0 Å². The highest BCUT2D eigenvalue weighted by atomic mass is 32.2. The lowest BCUT2D eigenvalue weighted by Gasteiger charge is -2.15. The van der Waals surface area contributed by atoms with Gasteiger partial charge in [-0.05, 0) is 25.5 Å². The van der Waals surface area contributed by atoms with E-state index < -0.39 is 10.0 Å². The summed E-state index contributed by atoms with van der Waals surface area (Å²) in [5.41, 5.74) is 1.97. The van der Waals surface area contributed by atoms with E-state index >= 15 is 0 Å². The van der Waals surface area contributed by atoms with Gasteiger partial charge >= 0.3 is 0 Å². The van der Waals surface area contributed by atoms with Crippen LogP contribution < -0.4 is 5.32 Å². The van der Waals surface area contributed by atoms with E-state index in [0.717, 1.165) is 9.87 Å². The van der Waals surface area contributed by atoms with Crippen molar-refractivity contribution in [1.29, 1.82) is 0 Å². The Labute approximate surface area is 141 Å². The molecule has 1 aromatic carbocycles. The third kappa shape index (κ3) is 3.82. The molecule has 0 spiro atoms. The number of nitrogens with zero attached hydrogens (tertiary/aromatic N) is 2. The van der Waals surface area contributed by atoms with Crippen molar-refractivity contribution < 1.29 is 17.7 Å². The Morgan fingerprint density at radius 1 is 1.25 bits per heavy atom. The van der Waals surface area contributed by atoms with Crippen LogP contribution in [0.2, 0.25) is 0 Å². The molecule has 0 aliphatic carbocycles. The van der Waals surface area contributed by atoms with Crippen LogP contribution in [-0.2, 0) is 27.8 Å². The molecule has 0 atom stereocenters. The number of benzene rings is 1. The molecule has 0 radical (unpaired) electrons. The Balaban J connectivity index is 2.12. The third-order valence-electron chi connectivity index (χ3n) is 3.73. The Kier molecular flexibility index (Phi) is 5.40. The van der Waals surface area contributed by atoms with Crippen molar-refractivity contribution in [2.45, 2.75) is 31.7 Å². The largest absolute Gasteiger partial charge is 0.361 e. The molecule has 0 saturated heterocycles. The Bertz CT molecular complexity index is 821. The van der Waals surface area contributed by atoms with Gasteiger partial charge in [-0.3, -0.25) is 4.79 Å². The molecule has 1 aromatic heterocycles. The van der Waals surface area contributed by atoms with Crippen LogP contribution in [0.25, 0.3) is 0 Å². The predicted molar refractivity (Wildman–Crippen MR) is 88.8 cm³/mol. The minimum Gasteiger partial charge on any atom is -0.361 e. The van der Waals surface area contributed by atoms with Crippen LogP contribution in [0.15, 0.2) is 33.7 Å². The number of amides is 1. The second-order valence-electron chi connectivity index (χ2n) is 5.65. The first kappa shape index (κ1) is 18.2. The molecule has 0 aliphatic rings. The second-order valence-corrected chi connectivity index (χ2v) is 7.77. The Morgan fingerprint density at radius 2 is 1.92 bits per heavy atom. The lowest BCUT2D eigenvalue weighted by molar-refractivity contribution is -0.120. The molecule has 7 nitrogen and oxygen atoms in total. The van der Waals surface area contributed by atoms with E-state index in [1.807, 2.05) is 0 Å². The van der Waals surface area contributed by atoms with Gasteiger partial charge in [-0.2, -0.15) is 0 Å². The summed E-state index contributed by atoms with van der Waals surface area (Å²) in [4.78, 5) is 12.3. The van der Waals surface area contributed by atoms with Gasteiger partial charge in [0.2, 0.25) is 15.9 Å². The number of hydrogen-bond acceptors (Lipinski definition) is 5. The summed E-state index contributed by atoms with van der Waals surface area (Å²) < 4.78 is 30.9. The molecule has 1 amide bonds. The minimum absolute atomic E-state index is 0.130. The maximum atomic E-state index is 12.3. The van der Waals surface area contributed by atoms with Gasteiger partial charge in [0, 0.05) is 26.2 Å². The van der Waals surface area contributed by atoms with Gasteiger partial charge in [0.15, 0.2) is 0 Å². The fraction of sp³-hybridized carbons (Fsp3) is 0.375. The highest BCUT2D eigenvalue weighted by molar-refractivity contribution is 7.89. The maximum absolute atomic E-state index is 12.3. The summed E-state index contributed by atoms with van der Waals surface area (Å²) in [6, 6.07) is 6.62. The predicted octanol–water partition coefficient (Wildman–Crippen LogP) is 1.40. The van der Waals surface area contributed by atoms with Crippen molar-refractivity contribution in [2.75, 3.05) is 14.1 Å².